The summed E-state index contributed by atoms with van der Waals surface area (Å²) in [5.74, 6) is -0.337. The molecule has 9 heteroatoms. The van der Waals surface area contributed by atoms with E-state index in [1.165, 1.54) is 24.3 Å². The normalized spacial score (nSPS) is 18.8. The van der Waals surface area contributed by atoms with E-state index >= 15 is 0 Å². The summed E-state index contributed by atoms with van der Waals surface area (Å²) in [6, 6.07) is 10.7. The zero-order chi connectivity index (χ0) is 20.8. The molecule has 2 aliphatic heterocycles. The van der Waals surface area contributed by atoms with Crippen LogP contribution in [0.2, 0.25) is 0 Å². The van der Waals surface area contributed by atoms with Crippen LogP contribution < -0.4 is 15.4 Å². The van der Waals surface area contributed by atoms with E-state index in [-0.39, 0.29) is 22.9 Å². The number of hydrogen-bond donors (Lipinski definition) is 2. The largest absolute Gasteiger partial charge is 0.354 e. The van der Waals surface area contributed by atoms with Crippen LogP contribution in [0.3, 0.4) is 0 Å². The van der Waals surface area contributed by atoms with Crippen molar-refractivity contribution in [3.8, 4) is 0 Å². The monoisotopic (exact) mass is 414 g/mol. The highest BCUT2D eigenvalue weighted by molar-refractivity contribution is 7.89. The third-order valence-corrected chi connectivity index (χ3v) is 6.42. The third-order valence-electron chi connectivity index (χ3n) is 5.49. The van der Waals surface area contributed by atoms with Gasteiger partial charge in [0.15, 0.2) is 0 Å². The summed E-state index contributed by atoms with van der Waals surface area (Å²) < 4.78 is 22.7. The predicted octanol–water partition coefficient (Wildman–Crippen LogP) is 1.99. The molecule has 0 saturated carbocycles. The van der Waals surface area contributed by atoms with Gasteiger partial charge in [0, 0.05) is 24.8 Å². The highest BCUT2D eigenvalue weighted by atomic mass is 32.2. The van der Waals surface area contributed by atoms with Crippen molar-refractivity contribution in [1.29, 1.82) is 0 Å². The van der Waals surface area contributed by atoms with Gasteiger partial charge in [0.2, 0.25) is 10.0 Å². The molecule has 152 valence electrons. The second-order valence-corrected chi connectivity index (χ2v) is 8.90. The molecule has 1 fully saturated rings. The van der Waals surface area contributed by atoms with Crippen LogP contribution in [0.5, 0.6) is 0 Å². The van der Waals surface area contributed by atoms with E-state index in [4.69, 9.17) is 5.14 Å². The minimum absolute atomic E-state index is 0.00772. The summed E-state index contributed by atoms with van der Waals surface area (Å²) in [5, 5.41) is 7.82. The highest BCUT2D eigenvalue weighted by Gasteiger charge is 2.37. The summed E-state index contributed by atoms with van der Waals surface area (Å²) >= 11 is 0. The first kappa shape index (κ1) is 19.4. The summed E-state index contributed by atoms with van der Waals surface area (Å²) in [6.07, 6.45) is 3.01. The fourth-order valence-electron chi connectivity index (χ4n) is 3.95. The van der Waals surface area contributed by atoms with Gasteiger partial charge in [0.25, 0.3) is 11.8 Å². The van der Waals surface area contributed by atoms with Gasteiger partial charge in [-0.15, -0.1) is 0 Å². The number of anilines is 2. The average Bonchev–Trinajstić information content (AvgIpc) is 2.71. The number of hydrogen-bond acceptors (Lipinski definition) is 5. The van der Waals surface area contributed by atoms with Crippen molar-refractivity contribution in [2.45, 2.75) is 30.3 Å². The van der Waals surface area contributed by atoms with Crippen molar-refractivity contribution >= 4 is 33.2 Å². The number of sulfonamides is 1. The summed E-state index contributed by atoms with van der Waals surface area (Å²) in [5.41, 5.74) is 2.21. The van der Waals surface area contributed by atoms with E-state index in [0.29, 0.717) is 16.8 Å². The van der Waals surface area contributed by atoms with Gasteiger partial charge in [-0.25, -0.2) is 13.6 Å². The maximum atomic E-state index is 12.8. The fourth-order valence-corrected chi connectivity index (χ4v) is 4.46. The molecule has 3 N–H and O–H groups in total. The number of piperidine rings is 1. The molecular formula is C20H22N4O4S. The molecule has 2 heterocycles. The molecule has 29 heavy (non-hydrogen) atoms. The second-order valence-electron chi connectivity index (χ2n) is 7.34. The minimum Gasteiger partial charge on any atom is -0.354 e. The molecular weight excluding hydrogens is 392 g/mol. The van der Waals surface area contributed by atoms with Crippen molar-refractivity contribution in [3.05, 3.63) is 53.6 Å². The van der Waals surface area contributed by atoms with Crippen LogP contribution >= 0.6 is 0 Å². The molecule has 0 aliphatic carbocycles. The van der Waals surface area contributed by atoms with E-state index in [2.05, 4.69) is 10.2 Å². The maximum Gasteiger partial charge on any atom is 0.257 e. The van der Waals surface area contributed by atoms with Crippen molar-refractivity contribution in [3.63, 3.8) is 0 Å². The summed E-state index contributed by atoms with van der Waals surface area (Å²) in [4.78, 5) is 29.4. The minimum atomic E-state index is -3.79. The van der Waals surface area contributed by atoms with Gasteiger partial charge in [0.05, 0.1) is 16.1 Å². The van der Waals surface area contributed by atoms with E-state index in [0.717, 1.165) is 31.5 Å². The average molecular weight is 414 g/mol. The zero-order valence-electron chi connectivity index (χ0n) is 16.0. The van der Waals surface area contributed by atoms with Crippen LogP contribution in [0.25, 0.3) is 0 Å². The maximum absolute atomic E-state index is 12.8. The van der Waals surface area contributed by atoms with Crippen LogP contribution in [0.1, 0.15) is 40.0 Å². The molecule has 0 bridgehead atoms. The number of primary sulfonamides is 1. The van der Waals surface area contributed by atoms with E-state index < -0.39 is 10.0 Å². The van der Waals surface area contributed by atoms with Gasteiger partial charge in [0.1, 0.15) is 6.17 Å². The third kappa shape index (κ3) is 3.58. The molecule has 0 aromatic heterocycles. The van der Waals surface area contributed by atoms with Gasteiger partial charge in [-0.2, -0.15) is 0 Å². The Bertz CT molecular complexity index is 1080. The van der Waals surface area contributed by atoms with Gasteiger partial charge in [-0.05, 0) is 61.7 Å². The number of nitrogens with zero attached hydrogens (tertiary/aromatic N) is 2. The topological polar surface area (TPSA) is 113 Å². The van der Waals surface area contributed by atoms with Crippen LogP contribution in [0.15, 0.2) is 47.4 Å². The fraction of sp³-hybridized carbons (Fsp3) is 0.300. The number of carbonyl (C=O) groups excluding carboxylic acids is 2. The number of amides is 2. The predicted molar refractivity (Wildman–Crippen MR) is 109 cm³/mol. The molecule has 8 nitrogen and oxygen atoms in total. The standard InChI is InChI=1S/C20H22N4O4S/c1-23-17-12-13(5-10-16(17)20(26)24-11-3-2-4-18(23)24)19(25)22-14-6-8-15(9-7-14)29(21,27)28/h5-10,12,18H,2-4,11H2,1H3,(H,22,25)(H2,21,27,28)/t18-/m0/s1. The number of rotatable bonds is 3. The molecule has 0 radical (unpaired) electrons. The number of fused-ring (bicyclic) bond motifs is 2. The lowest BCUT2D eigenvalue weighted by molar-refractivity contribution is 0.0589. The molecule has 2 aromatic rings. The lowest BCUT2D eigenvalue weighted by atomic mass is 9.97. The van der Waals surface area contributed by atoms with Crippen LogP contribution in [0, 0.1) is 0 Å². The van der Waals surface area contributed by atoms with E-state index in [1.54, 1.807) is 18.2 Å². The number of benzene rings is 2. The number of nitrogens with one attached hydrogen (secondary N) is 1. The van der Waals surface area contributed by atoms with Gasteiger partial charge in [-0.1, -0.05) is 0 Å². The molecule has 0 spiro atoms. The van der Waals surface area contributed by atoms with Crippen LogP contribution in [0.4, 0.5) is 11.4 Å². The molecule has 0 unspecified atom stereocenters. The first-order valence-electron chi connectivity index (χ1n) is 9.38. The van der Waals surface area contributed by atoms with Gasteiger partial charge in [-0.3, -0.25) is 9.59 Å². The lowest BCUT2D eigenvalue weighted by Crippen LogP contribution is -2.55. The second kappa shape index (κ2) is 7.16. The Kier molecular flexibility index (Phi) is 4.79. The molecule has 2 aromatic carbocycles. The highest BCUT2D eigenvalue weighted by Crippen LogP contribution is 2.34. The summed E-state index contributed by atoms with van der Waals surface area (Å²) in [6.45, 7) is 0.754. The lowest BCUT2D eigenvalue weighted by Gasteiger charge is -2.46. The molecule has 4 rings (SSSR count). The van der Waals surface area contributed by atoms with Gasteiger partial charge < -0.3 is 15.1 Å². The first-order valence-corrected chi connectivity index (χ1v) is 10.9. The Morgan fingerprint density at radius 2 is 1.86 bits per heavy atom. The van der Waals surface area contributed by atoms with Crippen molar-refractivity contribution < 1.29 is 18.0 Å². The molecule has 1 saturated heterocycles. The Labute approximate surface area is 169 Å². The smallest absolute Gasteiger partial charge is 0.257 e. The SMILES string of the molecule is CN1c2cc(C(=O)Nc3ccc(S(N)(=O)=O)cc3)ccc2C(=O)N2CCCC[C@H]21. The Balaban J connectivity index is 1.58. The molecule has 2 amide bonds. The number of nitrogens with two attached hydrogens (primary N) is 1. The van der Waals surface area contributed by atoms with Crippen LogP contribution in [-0.4, -0.2) is 44.9 Å². The number of carbonyl (C=O) groups is 2. The Morgan fingerprint density at radius 3 is 2.55 bits per heavy atom. The van der Waals surface area contributed by atoms with Crippen molar-refractivity contribution in [2.24, 2.45) is 5.14 Å². The van der Waals surface area contributed by atoms with E-state index in [9.17, 15) is 18.0 Å². The Hall–Kier alpha value is -2.91. The molecule has 1 atom stereocenters. The molecule has 2 aliphatic rings. The van der Waals surface area contributed by atoms with Crippen molar-refractivity contribution in [2.75, 3.05) is 23.8 Å². The van der Waals surface area contributed by atoms with E-state index in [1.807, 2.05) is 11.9 Å². The van der Waals surface area contributed by atoms with Gasteiger partial charge >= 0.3 is 0 Å². The summed E-state index contributed by atoms with van der Waals surface area (Å²) in [7, 11) is -1.84. The quantitative estimate of drug-likeness (QED) is 0.798. The van der Waals surface area contributed by atoms with Crippen molar-refractivity contribution in [1.82, 2.24) is 4.90 Å². The Morgan fingerprint density at radius 1 is 1.14 bits per heavy atom. The van der Waals surface area contributed by atoms with Crippen LogP contribution in [-0.2, 0) is 10.0 Å². The zero-order valence-corrected chi connectivity index (χ0v) is 16.8. The first-order chi connectivity index (χ1) is 13.8.